The van der Waals surface area contributed by atoms with Crippen molar-refractivity contribution in [1.82, 2.24) is 4.90 Å². The van der Waals surface area contributed by atoms with Crippen molar-refractivity contribution in [3.8, 4) is 0 Å². The van der Waals surface area contributed by atoms with E-state index in [1.165, 1.54) is 0 Å². The van der Waals surface area contributed by atoms with E-state index in [2.05, 4.69) is 0 Å². The summed E-state index contributed by atoms with van der Waals surface area (Å²) in [7, 11) is -2.90. The van der Waals surface area contributed by atoms with Crippen LogP contribution in [0.4, 0.5) is 0 Å². The Hall–Kier alpha value is -0.660. The fraction of sp³-hybridized carbons (Fsp3) is 0.900. The van der Waals surface area contributed by atoms with E-state index in [9.17, 15) is 13.2 Å². The van der Waals surface area contributed by atoms with Gasteiger partial charge in [0.15, 0.2) is 0 Å². The van der Waals surface area contributed by atoms with Crippen molar-refractivity contribution in [3.63, 3.8) is 0 Å². The molecule has 2 aliphatic heterocycles. The first-order chi connectivity index (χ1) is 8.03. The Kier molecular flexibility index (Phi) is 3.70. The second-order valence-electron chi connectivity index (χ2n) is 4.59. The molecule has 2 rings (SSSR count). The van der Waals surface area contributed by atoms with Crippen LogP contribution in [0.15, 0.2) is 0 Å². The van der Waals surface area contributed by atoms with Crippen LogP contribution < -0.4 is 5.73 Å². The third-order valence-electron chi connectivity index (χ3n) is 3.41. The molecule has 1 unspecified atom stereocenters. The van der Waals surface area contributed by atoms with Gasteiger partial charge in [-0.15, -0.1) is 0 Å². The molecule has 2 fully saturated rings. The minimum Gasteiger partial charge on any atom is -0.369 e. The summed E-state index contributed by atoms with van der Waals surface area (Å²) in [5.41, 5.74) is 5.62. The van der Waals surface area contributed by atoms with Gasteiger partial charge in [0.25, 0.3) is 0 Å². The number of ether oxygens (including phenoxy) is 1. The summed E-state index contributed by atoms with van der Waals surface area (Å²) in [6.07, 6.45) is 1.04. The van der Waals surface area contributed by atoms with Gasteiger partial charge in [-0.1, -0.05) is 0 Å². The van der Waals surface area contributed by atoms with Crippen LogP contribution in [0.5, 0.6) is 0 Å². The van der Waals surface area contributed by atoms with Crippen LogP contribution in [0.25, 0.3) is 0 Å². The molecule has 2 N–H and O–H groups in total. The van der Waals surface area contributed by atoms with Gasteiger partial charge < -0.3 is 15.4 Å². The van der Waals surface area contributed by atoms with Crippen molar-refractivity contribution in [3.05, 3.63) is 0 Å². The fourth-order valence-corrected chi connectivity index (χ4v) is 3.95. The number of hydrogen-bond acceptors (Lipinski definition) is 5. The largest absolute Gasteiger partial charge is 0.369 e. The van der Waals surface area contributed by atoms with Gasteiger partial charge in [0.2, 0.25) is 5.91 Å². The fourth-order valence-electron chi connectivity index (χ4n) is 2.48. The van der Waals surface area contributed by atoms with Crippen molar-refractivity contribution in [2.45, 2.75) is 24.9 Å². The summed E-state index contributed by atoms with van der Waals surface area (Å²) in [4.78, 5) is 13.6. The zero-order chi connectivity index (χ0) is 12.5. The molecule has 0 spiro atoms. The number of hydrogen-bond donors (Lipinski definition) is 1. The summed E-state index contributed by atoms with van der Waals surface area (Å²) in [6.45, 7) is 0.889. The highest BCUT2D eigenvalue weighted by Crippen LogP contribution is 2.22. The number of nitrogens with two attached hydrogens (primary N) is 1. The van der Waals surface area contributed by atoms with E-state index in [0.29, 0.717) is 26.0 Å². The number of carbonyl (C=O) groups is 1. The Morgan fingerprint density at radius 3 is 2.59 bits per heavy atom. The molecule has 1 amide bonds. The molecule has 6 nitrogen and oxygen atoms in total. The smallest absolute Gasteiger partial charge is 0.249 e. The van der Waals surface area contributed by atoms with E-state index < -0.39 is 9.84 Å². The van der Waals surface area contributed by atoms with E-state index in [-0.39, 0.29) is 36.1 Å². The van der Waals surface area contributed by atoms with Crippen LogP contribution in [0.3, 0.4) is 0 Å². The first-order valence-electron chi connectivity index (χ1n) is 5.83. The molecule has 0 saturated carbocycles. The van der Waals surface area contributed by atoms with Gasteiger partial charge in [-0.05, 0) is 12.8 Å². The van der Waals surface area contributed by atoms with Gasteiger partial charge in [0.05, 0.1) is 24.2 Å². The molecule has 0 radical (unpaired) electrons. The highest BCUT2D eigenvalue weighted by Gasteiger charge is 2.36. The monoisotopic (exact) mass is 262 g/mol. The minimum absolute atomic E-state index is 0.00322. The van der Waals surface area contributed by atoms with Crippen LogP contribution in [0, 0.1) is 0 Å². The highest BCUT2D eigenvalue weighted by atomic mass is 32.2. The van der Waals surface area contributed by atoms with Crippen molar-refractivity contribution < 1.29 is 17.9 Å². The molecule has 17 heavy (non-hydrogen) atoms. The summed E-state index contributed by atoms with van der Waals surface area (Å²) in [5.74, 6) is 0.259. The van der Waals surface area contributed by atoms with Crippen molar-refractivity contribution >= 4 is 15.7 Å². The topological polar surface area (TPSA) is 89.7 Å². The van der Waals surface area contributed by atoms with Gasteiger partial charge >= 0.3 is 0 Å². The summed E-state index contributed by atoms with van der Waals surface area (Å²) < 4.78 is 27.9. The molecule has 7 heteroatoms. The minimum atomic E-state index is -2.90. The quantitative estimate of drug-likeness (QED) is 0.671. The Balaban J connectivity index is 2.07. The predicted molar refractivity (Wildman–Crippen MR) is 62.2 cm³/mol. The van der Waals surface area contributed by atoms with Gasteiger partial charge in [0.1, 0.15) is 16.4 Å². The maximum atomic E-state index is 11.8. The number of carbonyl (C=O) groups excluding carboxylic acids is 1. The van der Waals surface area contributed by atoms with E-state index >= 15 is 0 Å². The molecule has 2 aliphatic rings. The molecule has 0 aromatic heterocycles. The number of rotatable bonds is 2. The number of nitrogens with zero attached hydrogens (tertiary/aromatic N) is 1. The zero-order valence-corrected chi connectivity index (χ0v) is 10.5. The number of amides is 1. The molecule has 0 aromatic rings. The Morgan fingerprint density at radius 2 is 2.00 bits per heavy atom. The highest BCUT2D eigenvalue weighted by molar-refractivity contribution is 7.91. The zero-order valence-electron chi connectivity index (χ0n) is 9.67. The number of morpholine rings is 1. The molecule has 2 heterocycles. The van der Waals surface area contributed by atoms with Crippen molar-refractivity contribution in [2.75, 3.05) is 31.3 Å². The van der Waals surface area contributed by atoms with Crippen molar-refractivity contribution in [2.24, 2.45) is 5.73 Å². The molecular formula is C10H18N2O4S. The van der Waals surface area contributed by atoms with Crippen molar-refractivity contribution in [1.29, 1.82) is 0 Å². The van der Waals surface area contributed by atoms with Gasteiger partial charge in [0, 0.05) is 12.6 Å². The third kappa shape index (κ3) is 2.78. The van der Waals surface area contributed by atoms with Crippen LogP contribution in [-0.2, 0) is 19.4 Å². The van der Waals surface area contributed by atoms with E-state index in [1.54, 1.807) is 4.90 Å². The SMILES string of the molecule is NCC1COCC(=O)N1C1CCS(=O)(=O)CC1. The van der Waals surface area contributed by atoms with E-state index in [1.807, 2.05) is 0 Å². The standard InChI is InChI=1S/C10H18N2O4S/c11-5-9-6-16-7-10(13)12(9)8-1-3-17(14,15)4-2-8/h8-9H,1-7,11H2. The average molecular weight is 262 g/mol. The Morgan fingerprint density at radius 1 is 1.35 bits per heavy atom. The molecule has 1 atom stereocenters. The normalized spacial score (nSPS) is 30.5. The first kappa shape index (κ1) is 12.8. The summed E-state index contributed by atoms with van der Waals surface area (Å²) in [5, 5.41) is 0. The van der Waals surface area contributed by atoms with E-state index in [0.717, 1.165) is 0 Å². The Bertz CT molecular complexity index is 381. The molecule has 0 bridgehead atoms. The lowest BCUT2D eigenvalue weighted by molar-refractivity contribution is -0.151. The van der Waals surface area contributed by atoms with Crippen LogP contribution in [-0.4, -0.2) is 62.6 Å². The molecule has 0 aromatic carbocycles. The lowest BCUT2D eigenvalue weighted by Gasteiger charge is -2.41. The van der Waals surface area contributed by atoms with Gasteiger partial charge in [-0.2, -0.15) is 0 Å². The lowest BCUT2D eigenvalue weighted by atomic mass is 10.1. The summed E-state index contributed by atoms with van der Waals surface area (Å²) >= 11 is 0. The average Bonchev–Trinajstić information content (AvgIpc) is 2.29. The van der Waals surface area contributed by atoms with E-state index in [4.69, 9.17) is 10.5 Å². The third-order valence-corrected chi connectivity index (χ3v) is 5.12. The van der Waals surface area contributed by atoms with Crippen LogP contribution in [0.2, 0.25) is 0 Å². The predicted octanol–water partition coefficient (Wildman–Crippen LogP) is -1.25. The van der Waals surface area contributed by atoms with Crippen LogP contribution in [0.1, 0.15) is 12.8 Å². The maximum absolute atomic E-state index is 11.8. The molecular weight excluding hydrogens is 244 g/mol. The molecule has 2 saturated heterocycles. The van der Waals surface area contributed by atoms with Crippen LogP contribution >= 0.6 is 0 Å². The molecule has 0 aliphatic carbocycles. The number of sulfone groups is 1. The van der Waals surface area contributed by atoms with Gasteiger partial charge in [-0.3, -0.25) is 4.79 Å². The maximum Gasteiger partial charge on any atom is 0.249 e. The second-order valence-corrected chi connectivity index (χ2v) is 6.89. The van der Waals surface area contributed by atoms with Gasteiger partial charge in [-0.25, -0.2) is 8.42 Å². The summed E-state index contributed by atoms with van der Waals surface area (Å²) in [6, 6.07) is -0.106. The second kappa shape index (κ2) is 4.91. The lowest BCUT2D eigenvalue weighted by Crippen LogP contribution is -2.58. The Labute approximate surface area is 101 Å². The first-order valence-corrected chi connectivity index (χ1v) is 7.65. The molecule has 98 valence electrons.